The van der Waals surface area contributed by atoms with E-state index in [1.807, 2.05) is 12.1 Å². The molecule has 1 amide bonds. The van der Waals surface area contributed by atoms with E-state index in [1.54, 1.807) is 38.8 Å². The third-order valence-corrected chi connectivity index (χ3v) is 9.02. The number of aromatic nitrogens is 1. The van der Waals surface area contributed by atoms with Crippen molar-refractivity contribution in [2.24, 2.45) is 0 Å². The molecule has 0 saturated carbocycles. The number of carbonyl (C=O) groups is 1. The van der Waals surface area contributed by atoms with Gasteiger partial charge >= 0.3 is 0 Å². The zero-order valence-electron chi connectivity index (χ0n) is 17.8. The summed E-state index contributed by atoms with van der Waals surface area (Å²) in [6, 6.07) is 6.94. The van der Waals surface area contributed by atoms with Crippen LogP contribution in [0.2, 0.25) is 0 Å². The van der Waals surface area contributed by atoms with Crippen LogP contribution in [-0.4, -0.2) is 43.2 Å². The Morgan fingerprint density at radius 1 is 1.13 bits per heavy atom. The van der Waals surface area contributed by atoms with Gasteiger partial charge < -0.3 is 0 Å². The highest BCUT2D eigenvalue weighted by Crippen LogP contribution is 2.32. The molecule has 2 heterocycles. The van der Waals surface area contributed by atoms with Crippen molar-refractivity contribution in [3.63, 3.8) is 0 Å². The van der Waals surface area contributed by atoms with E-state index in [-0.39, 0.29) is 5.91 Å². The Morgan fingerprint density at radius 2 is 1.84 bits per heavy atom. The highest BCUT2D eigenvalue weighted by molar-refractivity contribution is 7.89. The molecule has 0 atom stereocenters. The Hall–Kier alpha value is -2.03. The maximum atomic E-state index is 13.0. The van der Waals surface area contributed by atoms with E-state index in [4.69, 9.17) is 4.98 Å². The number of anilines is 1. The molecule has 6 nitrogen and oxygen atoms in total. The lowest BCUT2D eigenvalue weighted by Gasteiger charge is -2.18. The molecule has 2 aliphatic rings. The predicted octanol–water partition coefficient (Wildman–Crippen LogP) is 3.96. The van der Waals surface area contributed by atoms with E-state index in [2.05, 4.69) is 6.58 Å². The van der Waals surface area contributed by atoms with Crippen LogP contribution in [0.15, 0.2) is 41.8 Å². The van der Waals surface area contributed by atoms with Crippen molar-refractivity contribution >= 4 is 32.4 Å². The molecule has 31 heavy (non-hydrogen) atoms. The molecule has 8 heteroatoms. The van der Waals surface area contributed by atoms with Gasteiger partial charge in [0.1, 0.15) is 0 Å². The van der Waals surface area contributed by atoms with Gasteiger partial charge in [0.15, 0.2) is 5.13 Å². The number of fused-ring (bicyclic) bond motifs is 1. The van der Waals surface area contributed by atoms with Gasteiger partial charge in [-0.3, -0.25) is 9.69 Å². The van der Waals surface area contributed by atoms with Gasteiger partial charge in [-0.05, 0) is 62.6 Å². The molecule has 166 valence electrons. The quantitative estimate of drug-likeness (QED) is 0.560. The Morgan fingerprint density at radius 3 is 2.52 bits per heavy atom. The van der Waals surface area contributed by atoms with E-state index < -0.39 is 10.0 Å². The summed E-state index contributed by atoms with van der Waals surface area (Å²) < 4.78 is 26.9. The van der Waals surface area contributed by atoms with Gasteiger partial charge in [0, 0.05) is 30.9 Å². The Labute approximate surface area is 188 Å². The van der Waals surface area contributed by atoms with E-state index >= 15 is 0 Å². The van der Waals surface area contributed by atoms with Crippen LogP contribution in [0.3, 0.4) is 0 Å². The van der Waals surface area contributed by atoms with Crippen molar-refractivity contribution in [3.8, 4) is 0 Å². The number of hydrogen-bond acceptors (Lipinski definition) is 5. The number of nitrogens with zero attached hydrogens (tertiary/aromatic N) is 3. The van der Waals surface area contributed by atoms with E-state index in [9.17, 15) is 13.2 Å². The highest BCUT2D eigenvalue weighted by Gasteiger charge is 2.27. The molecule has 1 saturated heterocycles. The summed E-state index contributed by atoms with van der Waals surface area (Å²) in [5.41, 5.74) is 2.09. The van der Waals surface area contributed by atoms with Crippen molar-refractivity contribution < 1.29 is 13.2 Å². The summed E-state index contributed by atoms with van der Waals surface area (Å²) in [5.74, 6) is 0.0137. The van der Waals surface area contributed by atoms with Gasteiger partial charge in [0.2, 0.25) is 15.9 Å². The first-order valence-corrected chi connectivity index (χ1v) is 13.2. The van der Waals surface area contributed by atoms with Gasteiger partial charge in [-0.2, -0.15) is 4.31 Å². The smallest absolute Gasteiger partial charge is 0.243 e. The standard InChI is InChI=1S/C23H29N3O3S2/c1-2-15-26(23-24-20-7-3-4-8-21(20)30-23)22(27)14-11-18-9-12-19(13-10-18)31(28,29)25-16-5-6-17-25/h2,9-10,12-13H,1,3-8,11,14-17H2. The van der Waals surface area contributed by atoms with Crippen molar-refractivity contribution in [1.29, 1.82) is 0 Å². The molecule has 0 spiro atoms. The van der Waals surface area contributed by atoms with Crippen LogP contribution >= 0.6 is 11.3 Å². The normalized spacial score (nSPS) is 16.8. The van der Waals surface area contributed by atoms with Crippen LogP contribution in [-0.2, 0) is 34.1 Å². The fourth-order valence-electron chi connectivity index (χ4n) is 4.16. The summed E-state index contributed by atoms with van der Waals surface area (Å²) in [7, 11) is -3.41. The number of amides is 1. The number of carbonyl (C=O) groups excluding carboxylic acids is 1. The maximum absolute atomic E-state index is 13.0. The zero-order chi connectivity index (χ0) is 21.8. The Bertz CT molecular complexity index is 1020. The van der Waals surface area contributed by atoms with Crippen molar-refractivity contribution in [1.82, 2.24) is 9.29 Å². The van der Waals surface area contributed by atoms with Gasteiger partial charge in [-0.15, -0.1) is 17.9 Å². The van der Waals surface area contributed by atoms with Crippen LogP contribution in [0.1, 0.15) is 48.2 Å². The second-order valence-corrected chi connectivity index (χ2v) is 11.1. The SMILES string of the molecule is C=CCN(C(=O)CCc1ccc(S(=O)(=O)N2CCCC2)cc1)c1nc2c(s1)CCCC2. The second kappa shape index (κ2) is 9.63. The molecule has 1 aliphatic carbocycles. The third kappa shape index (κ3) is 4.91. The van der Waals surface area contributed by atoms with E-state index in [1.165, 1.54) is 11.3 Å². The number of rotatable bonds is 8. The summed E-state index contributed by atoms with van der Waals surface area (Å²) >= 11 is 1.62. The molecule has 1 aliphatic heterocycles. The average molecular weight is 460 g/mol. The molecular weight excluding hydrogens is 430 g/mol. The topological polar surface area (TPSA) is 70.6 Å². The molecule has 1 fully saturated rings. The lowest BCUT2D eigenvalue weighted by atomic mass is 10.0. The zero-order valence-corrected chi connectivity index (χ0v) is 19.4. The fourth-order valence-corrected chi connectivity index (χ4v) is 6.85. The largest absolute Gasteiger partial charge is 0.284 e. The molecule has 1 aromatic heterocycles. The van der Waals surface area contributed by atoms with E-state index in [0.717, 1.165) is 48.5 Å². The minimum Gasteiger partial charge on any atom is -0.284 e. The molecule has 1 aromatic carbocycles. The minimum atomic E-state index is -3.41. The molecule has 0 unspecified atom stereocenters. The maximum Gasteiger partial charge on any atom is 0.243 e. The van der Waals surface area contributed by atoms with Gasteiger partial charge in [-0.1, -0.05) is 18.2 Å². The first-order valence-electron chi connectivity index (χ1n) is 11.0. The lowest BCUT2D eigenvalue weighted by molar-refractivity contribution is -0.118. The summed E-state index contributed by atoms with van der Waals surface area (Å²) in [6.07, 6.45) is 8.87. The first-order chi connectivity index (χ1) is 15.0. The number of sulfonamides is 1. The molecular formula is C23H29N3O3S2. The molecule has 4 rings (SSSR count). The lowest BCUT2D eigenvalue weighted by Crippen LogP contribution is -2.31. The van der Waals surface area contributed by atoms with Gasteiger partial charge in [-0.25, -0.2) is 13.4 Å². The average Bonchev–Trinajstić information content (AvgIpc) is 3.46. The van der Waals surface area contributed by atoms with Gasteiger partial charge in [0.25, 0.3) is 0 Å². The summed E-state index contributed by atoms with van der Waals surface area (Å²) in [4.78, 5) is 21.0. The number of hydrogen-bond donors (Lipinski definition) is 0. The molecule has 2 aromatic rings. The first kappa shape index (κ1) is 22.2. The van der Waals surface area contributed by atoms with Crippen LogP contribution in [0, 0.1) is 0 Å². The van der Waals surface area contributed by atoms with E-state index in [0.29, 0.717) is 37.4 Å². The number of aryl methyl sites for hydroxylation is 3. The number of thiazole rings is 1. The predicted molar refractivity (Wildman–Crippen MR) is 124 cm³/mol. The van der Waals surface area contributed by atoms with Crippen molar-refractivity contribution in [3.05, 3.63) is 53.1 Å². The monoisotopic (exact) mass is 459 g/mol. The van der Waals surface area contributed by atoms with Crippen LogP contribution < -0.4 is 4.90 Å². The Kier molecular flexibility index (Phi) is 6.89. The van der Waals surface area contributed by atoms with Crippen LogP contribution in [0.4, 0.5) is 5.13 Å². The summed E-state index contributed by atoms with van der Waals surface area (Å²) in [6.45, 7) is 5.43. The molecule has 0 radical (unpaired) electrons. The van der Waals surface area contributed by atoms with Gasteiger partial charge in [0.05, 0.1) is 10.6 Å². The highest BCUT2D eigenvalue weighted by atomic mass is 32.2. The Balaban J connectivity index is 1.40. The van der Waals surface area contributed by atoms with Crippen molar-refractivity contribution in [2.45, 2.75) is 56.3 Å². The summed E-state index contributed by atoms with van der Waals surface area (Å²) in [5, 5.41) is 0.767. The number of benzene rings is 1. The van der Waals surface area contributed by atoms with Crippen LogP contribution in [0.25, 0.3) is 0 Å². The second-order valence-electron chi connectivity index (χ2n) is 8.12. The minimum absolute atomic E-state index is 0.0137. The molecule has 0 bridgehead atoms. The van der Waals surface area contributed by atoms with Crippen molar-refractivity contribution in [2.75, 3.05) is 24.5 Å². The molecule has 0 N–H and O–H groups in total. The third-order valence-electron chi connectivity index (χ3n) is 5.93. The van der Waals surface area contributed by atoms with Crippen LogP contribution in [0.5, 0.6) is 0 Å². The fraction of sp³-hybridized carbons (Fsp3) is 0.478.